The Kier molecular flexibility index (Phi) is 12.9. The van der Waals surface area contributed by atoms with Gasteiger partial charge < -0.3 is 69.0 Å². The zero-order valence-electron chi connectivity index (χ0n) is 30.6. The van der Waals surface area contributed by atoms with Crippen molar-refractivity contribution < 1.29 is 65.5 Å². The number of ether oxygens (including phenoxy) is 2. The predicted molar refractivity (Wildman–Crippen MR) is 192 cm³/mol. The van der Waals surface area contributed by atoms with Gasteiger partial charge in [-0.05, 0) is 40.1 Å². The maximum absolute atomic E-state index is 15.0. The number of piperazine rings is 2. The van der Waals surface area contributed by atoms with E-state index in [0.29, 0.717) is 60.1 Å². The van der Waals surface area contributed by atoms with E-state index < -0.39 is 45.6 Å². The molecule has 8 rings (SSSR count). The fourth-order valence-corrected chi connectivity index (χ4v) is 7.36. The molecule has 0 saturated carbocycles. The molecule has 2 fully saturated rings. The predicted octanol–water partition coefficient (Wildman–Crippen LogP) is -1.23. The van der Waals surface area contributed by atoms with Crippen LogP contribution >= 0.6 is 0 Å². The van der Waals surface area contributed by atoms with Crippen LogP contribution in [0.1, 0.15) is 46.6 Å². The first-order valence-corrected chi connectivity index (χ1v) is 17.1. The summed E-state index contributed by atoms with van der Waals surface area (Å²) in [5.41, 5.74) is -0.882. The van der Waals surface area contributed by atoms with Gasteiger partial charge in [-0.2, -0.15) is 0 Å². The Morgan fingerprint density at radius 1 is 0.655 bits per heavy atom. The summed E-state index contributed by atoms with van der Waals surface area (Å²) in [5, 5.41) is 22.6. The molecule has 0 amide bonds. The third-order valence-corrected chi connectivity index (χ3v) is 10.4. The fraction of sp³-hybridized carbons (Fsp3) is 0.444. The minimum atomic E-state index is -1.57. The van der Waals surface area contributed by atoms with E-state index in [9.17, 15) is 38.2 Å². The molecule has 16 nitrogen and oxygen atoms in total. The quantitative estimate of drug-likeness (QED) is 0.221. The van der Waals surface area contributed by atoms with Gasteiger partial charge in [0.25, 0.3) is 0 Å². The van der Waals surface area contributed by atoms with E-state index >= 15 is 0 Å². The van der Waals surface area contributed by atoms with Gasteiger partial charge in [-0.15, -0.1) is 0 Å². The summed E-state index contributed by atoms with van der Waals surface area (Å²) in [6.07, 6.45) is 2.56. The number of aromatic carboxylic acids is 2. The minimum absolute atomic E-state index is 0. The molecule has 300 valence electrons. The molecule has 0 radical (unpaired) electrons. The van der Waals surface area contributed by atoms with Crippen molar-refractivity contribution in [2.24, 2.45) is 0 Å². The van der Waals surface area contributed by atoms with Gasteiger partial charge in [0.1, 0.15) is 24.6 Å². The van der Waals surface area contributed by atoms with Crippen LogP contribution in [0.2, 0.25) is 0 Å². The van der Waals surface area contributed by atoms with Crippen LogP contribution < -0.4 is 40.3 Å². The van der Waals surface area contributed by atoms with Gasteiger partial charge in [0.2, 0.25) is 0 Å². The maximum atomic E-state index is 15.0. The number of nitrogens with zero attached hydrogens (tertiary/aromatic N) is 6. The second kappa shape index (κ2) is 16.5. The number of pyridine rings is 2. The van der Waals surface area contributed by atoms with Crippen molar-refractivity contribution in [3.63, 3.8) is 0 Å². The monoisotopic (exact) mass is 814 g/mol. The fourth-order valence-electron chi connectivity index (χ4n) is 7.36. The topological polar surface area (TPSA) is 219 Å². The number of hydrogen-bond donors (Lipinski definition) is 0. The van der Waals surface area contributed by atoms with Crippen molar-refractivity contribution in [1.29, 1.82) is 0 Å². The van der Waals surface area contributed by atoms with E-state index in [0.717, 1.165) is 38.3 Å². The Bertz CT molecular complexity index is 2100. The first-order valence-electron chi connectivity index (χ1n) is 17.1. The molecule has 2 saturated heterocycles. The van der Waals surface area contributed by atoms with Crippen LogP contribution in [0.25, 0.3) is 21.8 Å². The van der Waals surface area contributed by atoms with Crippen molar-refractivity contribution in [1.82, 2.24) is 18.9 Å². The van der Waals surface area contributed by atoms with E-state index in [1.54, 1.807) is 9.13 Å². The molecule has 0 bridgehead atoms. The number of carboxylic acid groups (broad SMARTS) is 2. The summed E-state index contributed by atoms with van der Waals surface area (Å²) in [6.45, 7) is 10.00. The van der Waals surface area contributed by atoms with Gasteiger partial charge in [-0.1, -0.05) is 0 Å². The summed E-state index contributed by atoms with van der Waals surface area (Å²) in [5.74, 6) is -3.67. The zero-order chi connectivity index (χ0) is 37.2. The number of anilines is 2. The number of likely N-dealkylation sites (N-methyl/N-ethyl adjacent to an activating group) is 2. The van der Waals surface area contributed by atoms with E-state index in [-0.39, 0.29) is 63.5 Å². The number of rotatable bonds is 4. The Labute approximate surface area is 323 Å². The molecule has 2 atom stereocenters. The summed E-state index contributed by atoms with van der Waals surface area (Å²) in [7, 11) is 4.02. The van der Waals surface area contributed by atoms with Crippen molar-refractivity contribution in [2.75, 3.05) is 89.5 Å². The number of carbonyl (C=O) groups excluding carboxylic acids is 2. The number of benzene rings is 2. The first kappa shape index (κ1) is 42.9. The molecule has 0 unspecified atom stereocenters. The van der Waals surface area contributed by atoms with Crippen molar-refractivity contribution in [3.8, 4) is 11.5 Å². The van der Waals surface area contributed by atoms with Crippen LogP contribution in [0, 0.1) is 11.6 Å². The summed E-state index contributed by atoms with van der Waals surface area (Å²) in [6, 6.07) is 1.88. The molecule has 4 aliphatic heterocycles. The van der Waals surface area contributed by atoms with Gasteiger partial charge in [0.05, 0.1) is 57.0 Å². The van der Waals surface area contributed by atoms with Gasteiger partial charge >= 0.3 is 16.5 Å². The van der Waals surface area contributed by atoms with Gasteiger partial charge in [-0.25, -0.2) is 8.78 Å². The average molecular weight is 815 g/mol. The second-order valence-electron chi connectivity index (χ2n) is 13.9. The summed E-state index contributed by atoms with van der Waals surface area (Å²) in [4.78, 5) is 55.8. The van der Waals surface area contributed by atoms with Gasteiger partial charge in [-0.3, -0.25) is 9.59 Å². The van der Waals surface area contributed by atoms with Crippen LogP contribution in [-0.2, 0) is 16.5 Å². The first-order chi connectivity index (χ1) is 24.8. The van der Waals surface area contributed by atoms with Crippen molar-refractivity contribution in [3.05, 3.63) is 67.7 Å². The molecular formula is C36H42F2N6NiO10. The third kappa shape index (κ3) is 7.46. The third-order valence-electron chi connectivity index (χ3n) is 10.4. The number of halogens is 2. The largest absolute Gasteiger partial charge is 2.00 e. The Balaban J connectivity index is 0.000000232. The SMILES string of the molecule is C[C@H]1COc2c(N3CCN(C)CC3)c(F)cc3c(=O)c(C(=O)[O-])cn1c23.C[C@H]1COc2c(N3CCN(C)CC3)c(F)cc3c(=O)c(C(=O)[O-])cn1c23.O.O.[Ni+2]. The molecule has 0 spiro atoms. The smallest absolute Gasteiger partial charge is 0.545 e. The second-order valence-corrected chi connectivity index (χ2v) is 13.9. The Hall–Kier alpha value is -4.81. The van der Waals surface area contributed by atoms with Crippen LogP contribution in [-0.4, -0.2) is 121 Å². The van der Waals surface area contributed by atoms with Crippen molar-refractivity contribution >= 4 is 45.1 Å². The summed E-state index contributed by atoms with van der Waals surface area (Å²) < 4.78 is 45.0. The molecular weight excluding hydrogens is 773 g/mol. The maximum Gasteiger partial charge on any atom is 2.00 e. The Morgan fingerprint density at radius 3 is 1.29 bits per heavy atom. The molecule has 4 aromatic rings. The standard InChI is InChI=1S/2C18H20FN3O4.Ni.2H2O/c2*1-10-9-26-17-14-11(16(23)12(18(24)25)8-22(10)14)7-13(19)15(17)21-5-3-20(2)4-6-21;;;/h2*7-8,10H,3-6,9H2,1-2H3,(H,24,25);;2*1H2/q;;+2;;/p-2/t2*10-;;;/m00.../s1. The van der Waals surface area contributed by atoms with Gasteiger partial charge in [0.15, 0.2) is 34.0 Å². The van der Waals surface area contributed by atoms with E-state index in [1.807, 2.05) is 37.7 Å². The van der Waals surface area contributed by atoms with Crippen LogP contribution in [0.15, 0.2) is 34.1 Å². The molecule has 2 aromatic heterocycles. The van der Waals surface area contributed by atoms with E-state index in [4.69, 9.17) is 9.47 Å². The minimum Gasteiger partial charge on any atom is -0.545 e. The number of carbonyl (C=O) groups is 2. The van der Waals surface area contributed by atoms with E-state index in [2.05, 4.69) is 9.80 Å². The van der Waals surface area contributed by atoms with Crippen LogP contribution in [0.5, 0.6) is 11.5 Å². The average Bonchev–Trinajstić information content (AvgIpc) is 3.10. The normalized spacial score (nSPS) is 19.2. The molecule has 4 aliphatic rings. The van der Waals surface area contributed by atoms with Crippen LogP contribution in [0.3, 0.4) is 0 Å². The molecule has 19 heteroatoms. The number of aromatic nitrogens is 2. The molecule has 4 N–H and O–H groups in total. The summed E-state index contributed by atoms with van der Waals surface area (Å²) >= 11 is 0. The molecule has 55 heavy (non-hydrogen) atoms. The van der Waals surface area contributed by atoms with Crippen LogP contribution in [0.4, 0.5) is 20.2 Å². The Morgan fingerprint density at radius 2 is 0.982 bits per heavy atom. The van der Waals surface area contributed by atoms with Crippen molar-refractivity contribution in [2.45, 2.75) is 25.9 Å². The number of hydrogen-bond acceptors (Lipinski definition) is 12. The van der Waals surface area contributed by atoms with E-state index in [1.165, 1.54) is 12.4 Å². The zero-order valence-corrected chi connectivity index (χ0v) is 31.5. The molecule has 6 heterocycles. The molecule has 0 aliphatic carbocycles. The number of carboxylic acids is 2. The molecule has 2 aromatic carbocycles. The van der Waals surface area contributed by atoms with Gasteiger partial charge in [0, 0.05) is 64.8 Å².